The van der Waals surface area contributed by atoms with Gasteiger partial charge in [-0.05, 0) is 50.2 Å². The van der Waals surface area contributed by atoms with E-state index in [4.69, 9.17) is 19.9 Å². The predicted molar refractivity (Wildman–Crippen MR) is 104 cm³/mol. The van der Waals surface area contributed by atoms with Crippen LogP contribution in [-0.2, 0) is 9.59 Å². The summed E-state index contributed by atoms with van der Waals surface area (Å²) in [5.74, 6) is -0.491. The number of amides is 3. The van der Waals surface area contributed by atoms with Crippen LogP contribution in [0.1, 0.15) is 24.2 Å². The number of nitrogens with two attached hydrogens (primary N) is 1. The monoisotopic (exact) mass is 401 g/mol. The van der Waals surface area contributed by atoms with Crippen LogP contribution in [0.3, 0.4) is 0 Å². The van der Waals surface area contributed by atoms with Crippen LogP contribution in [-0.4, -0.2) is 37.0 Å². The SMILES string of the molecule is CCOc1ccc(O[C@@H](C)C(=O)NNC(=O)COc2ccccc2C(N)=O)cc1. The molecule has 0 aliphatic rings. The highest BCUT2D eigenvalue weighted by atomic mass is 16.5. The standard InChI is InChI=1S/C20H23N3O6/c1-3-27-14-8-10-15(11-9-14)29-13(2)20(26)23-22-18(24)12-28-17-7-5-4-6-16(17)19(21)25/h4-11,13H,3,12H2,1-2H3,(H2,21,25)(H,22,24)(H,23,26)/t13-/m0/s1. The zero-order valence-electron chi connectivity index (χ0n) is 16.1. The van der Waals surface area contributed by atoms with Crippen LogP contribution in [0.2, 0.25) is 0 Å². The first-order chi connectivity index (χ1) is 13.9. The lowest BCUT2D eigenvalue weighted by Crippen LogP contribution is -2.48. The lowest BCUT2D eigenvalue weighted by atomic mass is 10.2. The fourth-order valence-corrected chi connectivity index (χ4v) is 2.25. The summed E-state index contributed by atoms with van der Waals surface area (Å²) >= 11 is 0. The fourth-order valence-electron chi connectivity index (χ4n) is 2.25. The highest BCUT2D eigenvalue weighted by Crippen LogP contribution is 2.19. The zero-order valence-corrected chi connectivity index (χ0v) is 16.1. The van der Waals surface area contributed by atoms with Gasteiger partial charge in [-0.25, -0.2) is 0 Å². The molecule has 2 aromatic carbocycles. The molecule has 3 amide bonds. The third kappa shape index (κ3) is 6.73. The number of benzene rings is 2. The summed E-state index contributed by atoms with van der Waals surface area (Å²) in [6.07, 6.45) is -0.857. The maximum absolute atomic E-state index is 12.1. The highest BCUT2D eigenvalue weighted by molar-refractivity contribution is 5.95. The Morgan fingerprint density at radius 2 is 1.62 bits per heavy atom. The quantitative estimate of drug-likeness (QED) is 0.541. The van der Waals surface area contributed by atoms with Crippen molar-refractivity contribution >= 4 is 17.7 Å². The van der Waals surface area contributed by atoms with Crippen molar-refractivity contribution in [3.8, 4) is 17.2 Å². The third-order valence-electron chi connectivity index (χ3n) is 3.65. The van der Waals surface area contributed by atoms with E-state index in [9.17, 15) is 14.4 Å². The summed E-state index contributed by atoms with van der Waals surface area (Å²) in [4.78, 5) is 35.2. The number of carbonyl (C=O) groups is 3. The van der Waals surface area contributed by atoms with Gasteiger partial charge in [0.25, 0.3) is 17.7 Å². The zero-order chi connectivity index (χ0) is 21.2. The van der Waals surface area contributed by atoms with Crippen molar-refractivity contribution in [1.29, 1.82) is 0 Å². The number of rotatable bonds is 9. The Bertz CT molecular complexity index is 854. The van der Waals surface area contributed by atoms with Crippen molar-refractivity contribution in [2.24, 2.45) is 5.73 Å². The fraction of sp³-hybridized carbons (Fsp3) is 0.250. The minimum atomic E-state index is -0.857. The van der Waals surface area contributed by atoms with Gasteiger partial charge in [-0.2, -0.15) is 0 Å². The number of nitrogens with one attached hydrogen (secondary N) is 2. The first-order valence-electron chi connectivity index (χ1n) is 8.90. The van der Waals surface area contributed by atoms with Crippen LogP contribution < -0.4 is 30.8 Å². The molecule has 0 saturated carbocycles. The van der Waals surface area contributed by atoms with Gasteiger partial charge in [0, 0.05) is 0 Å². The van der Waals surface area contributed by atoms with Crippen molar-refractivity contribution in [2.45, 2.75) is 20.0 Å². The maximum Gasteiger partial charge on any atom is 0.279 e. The van der Waals surface area contributed by atoms with Crippen LogP contribution in [0.4, 0.5) is 0 Å². The first kappa shape index (κ1) is 21.5. The minimum Gasteiger partial charge on any atom is -0.494 e. The second-order valence-corrected chi connectivity index (χ2v) is 5.85. The van der Waals surface area contributed by atoms with Crippen molar-refractivity contribution in [3.05, 3.63) is 54.1 Å². The van der Waals surface area contributed by atoms with E-state index in [2.05, 4.69) is 10.9 Å². The Morgan fingerprint density at radius 3 is 2.28 bits per heavy atom. The van der Waals surface area contributed by atoms with E-state index in [1.165, 1.54) is 19.1 Å². The van der Waals surface area contributed by atoms with Crippen LogP contribution in [0.15, 0.2) is 48.5 Å². The molecule has 29 heavy (non-hydrogen) atoms. The van der Waals surface area contributed by atoms with Crippen LogP contribution in [0.25, 0.3) is 0 Å². The Balaban J connectivity index is 1.77. The molecule has 1 atom stereocenters. The molecule has 0 aliphatic carbocycles. The maximum atomic E-state index is 12.1. The second-order valence-electron chi connectivity index (χ2n) is 5.85. The lowest BCUT2D eigenvalue weighted by molar-refractivity contribution is -0.133. The average molecular weight is 401 g/mol. The van der Waals surface area contributed by atoms with E-state index in [1.807, 2.05) is 6.92 Å². The van der Waals surface area contributed by atoms with Gasteiger partial charge in [0.15, 0.2) is 12.7 Å². The molecule has 9 nitrogen and oxygen atoms in total. The van der Waals surface area contributed by atoms with E-state index in [0.29, 0.717) is 18.1 Å². The molecule has 0 saturated heterocycles. The van der Waals surface area contributed by atoms with Gasteiger partial charge in [0.1, 0.15) is 17.2 Å². The Morgan fingerprint density at radius 1 is 0.966 bits per heavy atom. The Kier molecular flexibility index (Phi) is 7.84. The molecule has 154 valence electrons. The van der Waals surface area contributed by atoms with Crippen molar-refractivity contribution in [3.63, 3.8) is 0 Å². The van der Waals surface area contributed by atoms with Gasteiger partial charge >= 0.3 is 0 Å². The molecule has 0 bridgehead atoms. The predicted octanol–water partition coefficient (Wildman–Crippen LogP) is 1.18. The van der Waals surface area contributed by atoms with E-state index in [1.54, 1.807) is 36.4 Å². The number of ether oxygens (including phenoxy) is 3. The first-order valence-corrected chi connectivity index (χ1v) is 8.90. The second kappa shape index (κ2) is 10.5. The number of hydrogen-bond donors (Lipinski definition) is 3. The van der Waals surface area contributed by atoms with Crippen molar-refractivity contribution < 1.29 is 28.6 Å². The summed E-state index contributed by atoms with van der Waals surface area (Å²) < 4.78 is 16.1. The van der Waals surface area contributed by atoms with Crippen LogP contribution in [0.5, 0.6) is 17.2 Å². The molecule has 0 spiro atoms. The van der Waals surface area contributed by atoms with E-state index in [0.717, 1.165) is 0 Å². The molecule has 0 radical (unpaired) electrons. The minimum absolute atomic E-state index is 0.154. The molecule has 2 rings (SSSR count). The molecule has 2 aromatic rings. The summed E-state index contributed by atoms with van der Waals surface area (Å²) in [7, 11) is 0. The average Bonchev–Trinajstić information content (AvgIpc) is 2.72. The van der Waals surface area contributed by atoms with Gasteiger partial charge in [-0.15, -0.1) is 0 Å². The van der Waals surface area contributed by atoms with E-state index < -0.39 is 30.4 Å². The third-order valence-corrected chi connectivity index (χ3v) is 3.65. The highest BCUT2D eigenvalue weighted by Gasteiger charge is 2.16. The number of carbonyl (C=O) groups excluding carboxylic acids is 3. The van der Waals surface area contributed by atoms with Crippen LogP contribution >= 0.6 is 0 Å². The molecule has 9 heteroatoms. The molecular weight excluding hydrogens is 378 g/mol. The number of primary amides is 1. The molecule has 0 aliphatic heterocycles. The summed E-state index contributed by atoms with van der Waals surface area (Å²) in [6.45, 7) is 3.56. The van der Waals surface area contributed by atoms with E-state index in [-0.39, 0.29) is 11.3 Å². The number of hydrazine groups is 1. The van der Waals surface area contributed by atoms with Gasteiger partial charge in [0.2, 0.25) is 0 Å². The summed E-state index contributed by atoms with van der Waals surface area (Å²) in [6, 6.07) is 13.1. The number of para-hydroxylation sites is 1. The van der Waals surface area contributed by atoms with Crippen LogP contribution in [0, 0.1) is 0 Å². The molecule has 0 unspecified atom stereocenters. The summed E-state index contributed by atoms with van der Waals surface area (Å²) in [5.41, 5.74) is 9.86. The molecule has 0 aromatic heterocycles. The molecular formula is C20H23N3O6. The van der Waals surface area contributed by atoms with E-state index >= 15 is 0 Å². The van der Waals surface area contributed by atoms with Crippen molar-refractivity contribution in [2.75, 3.05) is 13.2 Å². The molecule has 4 N–H and O–H groups in total. The lowest BCUT2D eigenvalue weighted by Gasteiger charge is -2.16. The van der Waals surface area contributed by atoms with Crippen molar-refractivity contribution in [1.82, 2.24) is 10.9 Å². The van der Waals surface area contributed by atoms with Gasteiger partial charge in [-0.3, -0.25) is 25.2 Å². The van der Waals surface area contributed by atoms with Gasteiger partial charge in [-0.1, -0.05) is 12.1 Å². The Hall–Kier alpha value is -3.75. The Labute approximate surface area is 168 Å². The van der Waals surface area contributed by atoms with Gasteiger partial charge in [0.05, 0.1) is 12.2 Å². The smallest absolute Gasteiger partial charge is 0.279 e. The molecule has 0 fully saturated rings. The molecule has 0 heterocycles. The summed E-state index contributed by atoms with van der Waals surface area (Å²) in [5, 5.41) is 0. The normalized spacial score (nSPS) is 11.1. The van der Waals surface area contributed by atoms with Gasteiger partial charge < -0.3 is 19.9 Å². The number of hydrogen-bond acceptors (Lipinski definition) is 6. The largest absolute Gasteiger partial charge is 0.494 e. The topological polar surface area (TPSA) is 129 Å².